The molecule has 0 radical (unpaired) electrons. The van der Waals surface area contributed by atoms with Crippen LogP contribution in [0.15, 0.2) is 35.2 Å². The van der Waals surface area contributed by atoms with Gasteiger partial charge in [-0.25, -0.2) is 4.98 Å². The zero-order chi connectivity index (χ0) is 12.1. The molecule has 1 heterocycles. The van der Waals surface area contributed by atoms with E-state index in [0.29, 0.717) is 0 Å². The van der Waals surface area contributed by atoms with E-state index in [2.05, 4.69) is 11.6 Å². The molecule has 0 unspecified atom stereocenters. The largest absolute Gasteiger partial charge is 0.399 e. The highest BCUT2D eigenvalue weighted by Crippen LogP contribution is 2.31. The molecule has 2 aromatic rings. The van der Waals surface area contributed by atoms with Crippen LogP contribution in [0.3, 0.4) is 0 Å². The Labute approximate surface area is 110 Å². The summed E-state index contributed by atoms with van der Waals surface area (Å²) in [6.07, 6.45) is 5.52. The van der Waals surface area contributed by atoms with Gasteiger partial charge in [-0.15, -0.1) is 17.9 Å². The summed E-state index contributed by atoms with van der Waals surface area (Å²) in [5.74, 6) is 1.13. The standard InChI is InChI=1S/C13H16N2S2/c1-2-3-4-5-8-16-13-15-11-7-6-10(14)9-12(11)17-13/h2,6-7,9H,1,3-5,8,14H2. The van der Waals surface area contributed by atoms with Crippen molar-refractivity contribution in [1.82, 2.24) is 4.98 Å². The smallest absolute Gasteiger partial charge is 0.151 e. The molecule has 17 heavy (non-hydrogen) atoms. The van der Waals surface area contributed by atoms with Crippen LogP contribution in [-0.4, -0.2) is 10.7 Å². The second-order valence-corrected chi connectivity index (χ2v) is 6.21. The van der Waals surface area contributed by atoms with Crippen molar-refractivity contribution < 1.29 is 0 Å². The van der Waals surface area contributed by atoms with Crippen molar-refractivity contribution in [2.24, 2.45) is 0 Å². The average molecular weight is 264 g/mol. The summed E-state index contributed by atoms with van der Waals surface area (Å²) in [4.78, 5) is 4.58. The number of allylic oxidation sites excluding steroid dienone is 1. The quantitative estimate of drug-likeness (QED) is 0.365. The first-order chi connectivity index (χ1) is 8.29. The topological polar surface area (TPSA) is 38.9 Å². The van der Waals surface area contributed by atoms with Gasteiger partial charge >= 0.3 is 0 Å². The Kier molecular flexibility index (Phi) is 4.45. The molecule has 2 N–H and O–H groups in total. The predicted octanol–water partition coefficient (Wildman–Crippen LogP) is 4.33. The van der Waals surface area contributed by atoms with Crippen LogP contribution in [0.5, 0.6) is 0 Å². The summed E-state index contributed by atoms with van der Waals surface area (Å²) in [5, 5.41) is 0. The van der Waals surface area contributed by atoms with Crippen molar-refractivity contribution >= 4 is 39.0 Å². The molecule has 2 rings (SSSR count). The molecule has 0 spiro atoms. The van der Waals surface area contributed by atoms with Crippen molar-refractivity contribution in [3.05, 3.63) is 30.9 Å². The lowest BCUT2D eigenvalue weighted by Gasteiger charge is -1.95. The second-order valence-electron chi connectivity index (χ2n) is 3.84. The molecule has 1 aromatic heterocycles. The minimum Gasteiger partial charge on any atom is -0.399 e. The average Bonchev–Trinajstić information content (AvgIpc) is 2.70. The maximum Gasteiger partial charge on any atom is 0.151 e. The van der Waals surface area contributed by atoms with Gasteiger partial charge in [-0.1, -0.05) is 17.8 Å². The lowest BCUT2D eigenvalue weighted by Crippen LogP contribution is -1.81. The number of thioether (sulfide) groups is 1. The Balaban J connectivity index is 1.93. The number of nitrogen functional groups attached to an aromatic ring is 1. The van der Waals surface area contributed by atoms with Gasteiger partial charge in [-0.05, 0) is 37.5 Å². The summed E-state index contributed by atoms with van der Waals surface area (Å²) in [6.45, 7) is 3.72. The van der Waals surface area contributed by atoms with Crippen LogP contribution in [0.2, 0.25) is 0 Å². The van der Waals surface area contributed by atoms with E-state index in [1.807, 2.05) is 36.0 Å². The van der Waals surface area contributed by atoms with E-state index in [0.717, 1.165) is 27.7 Å². The molecule has 90 valence electrons. The fourth-order valence-electron chi connectivity index (χ4n) is 1.53. The van der Waals surface area contributed by atoms with Crippen LogP contribution in [0, 0.1) is 0 Å². The lowest BCUT2D eigenvalue weighted by molar-refractivity contribution is 0.824. The summed E-state index contributed by atoms with van der Waals surface area (Å²) >= 11 is 3.56. The first kappa shape index (κ1) is 12.5. The van der Waals surface area contributed by atoms with Crippen LogP contribution < -0.4 is 5.73 Å². The van der Waals surface area contributed by atoms with Crippen LogP contribution >= 0.6 is 23.1 Å². The highest BCUT2D eigenvalue weighted by Gasteiger charge is 2.04. The molecular weight excluding hydrogens is 248 g/mol. The Morgan fingerprint density at radius 3 is 3.12 bits per heavy atom. The summed E-state index contributed by atoms with van der Waals surface area (Å²) in [5.41, 5.74) is 7.61. The molecule has 0 amide bonds. The van der Waals surface area contributed by atoms with Crippen molar-refractivity contribution in [2.75, 3.05) is 11.5 Å². The molecular formula is C13H16N2S2. The Morgan fingerprint density at radius 2 is 2.29 bits per heavy atom. The third-order valence-corrected chi connectivity index (χ3v) is 4.67. The van der Waals surface area contributed by atoms with E-state index in [1.165, 1.54) is 17.5 Å². The third-order valence-electron chi connectivity index (χ3n) is 2.42. The summed E-state index contributed by atoms with van der Waals surface area (Å²) < 4.78 is 2.32. The molecule has 0 aliphatic carbocycles. The van der Waals surface area contributed by atoms with E-state index >= 15 is 0 Å². The van der Waals surface area contributed by atoms with Gasteiger partial charge in [0.25, 0.3) is 0 Å². The first-order valence-electron chi connectivity index (χ1n) is 5.69. The highest BCUT2D eigenvalue weighted by molar-refractivity contribution is 8.01. The molecule has 0 atom stereocenters. The Hall–Kier alpha value is -1.000. The van der Waals surface area contributed by atoms with Gasteiger partial charge in [-0.3, -0.25) is 0 Å². The monoisotopic (exact) mass is 264 g/mol. The van der Waals surface area contributed by atoms with Gasteiger partial charge < -0.3 is 5.73 Å². The maximum atomic E-state index is 5.75. The number of anilines is 1. The maximum absolute atomic E-state index is 5.75. The minimum atomic E-state index is 0.809. The van der Waals surface area contributed by atoms with Gasteiger partial charge in [0, 0.05) is 11.4 Å². The molecule has 2 nitrogen and oxygen atoms in total. The number of nitrogens with zero attached hydrogens (tertiary/aromatic N) is 1. The summed E-state index contributed by atoms with van der Waals surface area (Å²) in [7, 11) is 0. The molecule has 0 fully saturated rings. The lowest BCUT2D eigenvalue weighted by atomic mass is 10.2. The third kappa shape index (κ3) is 3.48. The molecule has 0 bridgehead atoms. The molecule has 0 aliphatic heterocycles. The molecule has 0 aliphatic rings. The second kappa shape index (κ2) is 6.07. The Bertz CT molecular complexity index is 505. The van der Waals surface area contributed by atoms with E-state index in [9.17, 15) is 0 Å². The number of benzene rings is 1. The molecule has 0 saturated carbocycles. The van der Waals surface area contributed by atoms with Crippen LogP contribution in [0.25, 0.3) is 10.2 Å². The highest BCUT2D eigenvalue weighted by atomic mass is 32.2. The van der Waals surface area contributed by atoms with Gasteiger partial charge in [0.05, 0.1) is 10.2 Å². The predicted molar refractivity (Wildman–Crippen MR) is 78.8 cm³/mol. The number of aromatic nitrogens is 1. The van der Waals surface area contributed by atoms with Crippen molar-refractivity contribution in [3.63, 3.8) is 0 Å². The van der Waals surface area contributed by atoms with Crippen LogP contribution in [0.1, 0.15) is 19.3 Å². The fraction of sp³-hybridized carbons (Fsp3) is 0.308. The fourth-order valence-corrected chi connectivity index (χ4v) is 3.72. The number of nitrogens with two attached hydrogens (primary N) is 1. The summed E-state index contributed by atoms with van der Waals surface area (Å²) in [6, 6.07) is 5.89. The van der Waals surface area contributed by atoms with Crippen molar-refractivity contribution in [1.29, 1.82) is 0 Å². The van der Waals surface area contributed by atoms with Crippen molar-refractivity contribution in [3.8, 4) is 0 Å². The van der Waals surface area contributed by atoms with Crippen molar-refractivity contribution in [2.45, 2.75) is 23.6 Å². The van der Waals surface area contributed by atoms with E-state index in [1.54, 1.807) is 11.3 Å². The SMILES string of the molecule is C=CCCCCSc1nc2ccc(N)cc2s1. The number of hydrogen-bond acceptors (Lipinski definition) is 4. The van der Waals surface area contributed by atoms with E-state index in [4.69, 9.17) is 5.73 Å². The van der Waals surface area contributed by atoms with E-state index < -0.39 is 0 Å². The number of rotatable bonds is 6. The molecule has 4 heteroatoms. The zero-order valence-corrected chi connectivity index (χ0v) is 11.3. The van der Waals surface area contributed by atoms with Gasteiger partial charge in [0.1, 0.15) is 0 Å². The normalized spacial score (nSPS) is 10.8. The van der Waals surface area contributed by atoms with Crippen LogP contribution in [-0.2, 0) is 0 Å². The number of fused-ring (bicyclic) bond motifs is 1. The Morgan fingerprint density at radius 1 is 1.41 bits per heavy atom. The minimum absolute atomic E-state index is 0.809. The van der Waals surface area contributed by atoms with Crippen LogP contribution in [0.4, 0.5) is 5.69 Å². The van der Waals surface area contributed by atoms with Gasteiger partial charge in [-0.2, -0.15) is 0 Å². The van der Waals surface area contributed by atoms with Gasteiger partial charge in [0.2, 0.25) is 0 Å². The zero-order valence-electron chi connectivity index (χ0n) is 9.69. The molecule has 0 saturated heterocycles. The van der Waals surface area contributed by atoms with Gasteiger partial charge in [0.15, 0.2) is 4.34 Å². The number of unbranched alkanes of at least 4 members (excludes halogenated alkanes) is 2. The number of thiazole rings is 1. The number of hydrogen-bond donors (Lipinski definition) is 1. The molecule has 1 aromatic carbocycles. The van der Waals surface area contributed by atoms with E-state index in [-0.39, 0.29) is 0 Å². The first-order valence-corrected chi connectivity index (χ1v) is 7.49.